The Morgan fingerprint density at radius 3 is 2.58 bits per heavy atom. The van der Waals surface area contributed by atoms with Crippen LogP contribution in [0.15, 0.2) is 12.1 Å². The molecule has 0 fully saturated rings. The first kappa shape index (κ1) is 18.5. The molecular formula is C14H23Cl2NO2. The Balaban J connectivity index is 0.00000324. The van der Waals surface area contributed by atoms with Gasteiger partial charge in [-0.15, -0.1) is 12.4 Å². The van der Waals surface area contributed by atoms with Crippen LogP contribution in [0.5, 0.6) is 5.75 Å². The van der Waals surface area contributed by atoms with Gasteiger partial charge in [0, 0.05) is 13.2 Å². The van der Waals surface area contributed by atoms with E-state index in [2.05, 4.69) is 13.0 Å². The van der Waals surface area contributed by atoms with E-state index in [9.17, 15) is 0 Å². The Kier molecular flexibility index (Phi) is 9.19. The van der Waals surface area contributed by atoms with Gasteiger partial charge in [0.25, 0.3) is 0 Å². The van der Waals surface area contributed by atoms with E-state index in [1.807, 2.05) is 13.0 Å². The largest absolute Gasteiger partial charge is 0.492 e. The fourth-order valence-electron chi connectivity index (χ4n) is 1.83. The predicted molar refractivity (Wildman–Crippen MR) is 82.6 cm³/mol. The van der Waals surface area contributed by atoms with E-state index >= 15 is 0 Å². The summed E-state index contributed by atoms with van der Waals surface area (Å²) in [5.41, 5.74) is 7.96. The first-order chi connectivity index (χ1) is 8.58. The second-order valence-electron chi connectivity index (χ2n) is 4.53. The molecule has 110 valence electrons. The van der Waals surface area contributed by atoms with Crippen LogP contribution in [0.4, 0.5) is 0 Å². The van der Waals surface area contributed by atoms with Crippen LogP contribution in [0.2, 0.25) is 5.02 Å². The Bertz CT molecular complexity index is 384. The van der Waals surface area contributed by atoms with Gasteiger partial charge in [0.15, 0.2) is 0 Å². The van der Waals surface area contributed by atoms with Crippen molar-refractivity contribution < 1.29 is 9.47 Å². The molecule has 1 atom stereocenters. The minimum atomic E-state index is 0. The van der Waals surface area contributed by atoms with Gasteiger partial charge in [-0.05, 0) is 43.0 Å². The van der Waals surface area contributed by atoms with Crippen molar-refractivity contribution in [1.82, 2.24) is 0 Å². The van der Waals surface area contributed by atoms with E-state index in [0.29, 0.717) is 18.2 Å². The number of ether oxygens (including phenoxy) is 2. The summed E-state index contributed by atoms with van der Waals surface area (Å²) in [7, 11) is 1.67. The van der Waals surface area contributed by atoms with Crippen molar-refractivity contribution in [1.29, 1.82) is 0 Å². The van der Waals surface area contributed by atoms with E-state index in [1.165, 1.54) is 0 Å². The Hall–Kier alpha value is -0.480. The van der Waals surface area contributed by atoms with Gasteiger partial charge in [-0.3, -0.25) is 0 Å². The third-order valence-corrected chi connectivity index (χ3v) is 2.76. The van der Waals surface area contributed by atoms with Crippen molar-refractivity contribution in [3.05, 3.63) is 28.3 Å². The fourth-order valence-corrected chi connectivity index (χ4v) is 2.14. The SMILES string of the molecule is CCCOc1c(Cl)cc(COC)cc1CC(C)N.Cl. The maximum absolute atomic E-state index is 6.27. The van der Waals surface area contributed by atoms with Crippen molar-refractivity contribution in [3.8, 4) is 5.75 Å². The molecule has 0 heterocycles. The molecule has 0 spiro atoms. The lowest BCUT2D eigenvalue weighted by Crippen LogP contribution is -2.18. The van der Waals surface area contributed by atoms with Crippen molar-refractivity contribution >= 4 is 24.0 Å². The Morgan fingerprint density at radius 2 is 2.05 bits per heavy atom. The molecule has 1 aromatic rings. The van der Waals surface area contributed by atoms with Crippen LogP contribution in [-0.4, -0.2) is 19.8 Å². The molecule has 1 rings (SSSR count). The zero-order valence-corrected chi connectivity index (χ0v) is 13.3. The molecule has 0 bridgehead atoms. The van der Waals surface area contributed by atoms with Crippen LogP contribution < -0.4 is 10.5 Å². The fraction of sp³-hybridized carbons (Fsp3) is 0.571. The summed E-state index contributed by atoms with van der Waals surface area (Å²) in [6.07, 6.45) is 1.70. The second kappa shape index (κ2) is 9.43. The number of benzene rings is 1. The molecule has 1 aromatic carbocycles. The van der Waals surface area contributed by atoms with Crippen LogP contribution in [0, 0.1) is 0 Å². The first-order valence-electron chi connectivity index (χ1n) is 6.27. The highest BCUT2D eigenvalue weighted by atomic mass is 35.5. The van der Waals surface area contributed by atoms with E-state index < -0.39 is 0 Å². The van der Waals surface area contributed by atoms with Crippen molar-refractivity contribution in [3.63, 3.8) is 0 Å². The quantitative estimate of drug-likeness (QED) is 0.837. The molecule has 19 heavy (non-hydrogen) atoms. The number of methoxy groups -OCH3 is 1. The van der Waals surface area contributed by atoms with E-state index in [0.717, 1.165) is 29.7 Å². The minimum Gasteiger partial charge on any atom is -0.492 e. The van der Waals surface area contributed by atoms with Crippen LogP contribution >= 0.6 is 24.0 Å². The van der Waals surface area contributed by atoms with E-state index in [-0.39, 0.29) is 18.4 Å². The Morgan fingerprint density at radius 1 is 1.37 bits per heavy atom. The van der Waals surface area contributed by atoms with Gasteiger partial charge in [0.1, 0.15) is 5.75 Å². The molecule has 0 amide bonds. The third kappa shape index (κ3) is 6.00. The topological polar surface area (TPSA) is 44.5 Å². The maximum Gasteiger partial charge on any atom is 0.141 e. The van der Waals surface area contributed by atoms with Gasteiger partial charge in [0.05, 0.1) is 18.2 Å². The molecular weight excluding hydrogens is 285 g/mol. The summed E-state index contributed by atoms with van der Waals surface area (Å²) in [4.78, 5) is 0. The predicted octanol–water partition coefficient (Wildman–Crippen LogP) is 3.59. The molecule has 3 nitrogen and oxygen atoms in total. The molecule has 5 heteroatoms. The van der Waals surface area contributed by atoms with Crippen molar-refractivity contribution in [2.45, 2.75) is 39.3 Å². The average Bonchev–Trinajstić information content (AvgIpc) is 2.27. The number of hydrogen-bond acceptors (Lipinski definition) is 3. The Labute approximate surface area is 126 Å². The maximum atomic E-state index is 6.27. The molecule has 2 N–H and O–H groups in total. The molecule has 0 aliphatic carbocycles. The van der Waals surface area contributed by atoms with Crippen LogP contribution in [0.25, 0.3) is 0 Å². The molecule has 0 saturated heterocycles. The van der Waals surface area contributed by atoms with Gasteiger partial charge in [-0.2, -0.15) is 0 Å². The number of nitrogens with two attached hydrogens (primary N) is 1. The van der Waals surface area contributed by atoms with Crippen molar-refractivity contribution in [2.24, 2.45) is 5.73 Å². The molecule has 0 aliphatic heterocycles. The summed E-state index contributed by atoms with van der Waals surface area (Å²) in [5.74, 6) is 0.760. The molecule has 1 unspecified atom stereocenters. The highest BCUT2D eigenvalue weighted by Gasteiger charge is 2.12. The minimum absolute atomic E-state index is 0. The summed E-state index contributed by atoms with van der Waals surface area (Å²) in [6.45, 7) is 5.24. The summed E-state index contributed by atoms with van der Waals surface area (Å²) in [6, 6.07) is 4.02. The lowest BCUT2D eigenvalue weighted by Gasteiger charge is -2.16. The van der Waals surface area contributed by atoms with Crippen LogP contribution in [-0.2, 0) is 17.8 Å². The standard InChI is InChI=1S/C14H22ClNO2.ClH/c1-4-5-18-14-12(6-10(2)16)7-11(9-17-3)8-13(14)15;/h7-8,10H,4-6,9,16H2,1-3H3;1H. The zero-order chi connectivity index (χ0) is 13.5. The zero-order valence-electron chi connectivity index (χ0n) is 11.7. The monoisotopic (exact) mass is 307 g/mol. The van der Waals surface area contributed by atoms with Gasteiger partial charge < -0.3 is 15.2 Å². The van der Waals surface area contributed by atoms with Gasteiger partial charge in [-0.25, -0.2) is 0 Å². The van der Waals surface area contributed by atoms with Crippen molar-refractivity contribution in [2.75, 3.05) is 13.7 Å². The summed E-state index contributed by atoms with van der Waals surface area (Å²) < 4.78 is 10.9. The van der Waals surface area contributed by atoms with Crippen LogP contribution in [0.3, 0.4) is 0 Å². The number of halogens is 2. The normalized spacial score (nSPS) is 11.8. The second-order valence-corrected chi connectivity index (χ2v) is 4.94. The average molecular weight is 308 g/mol. The molecule has 0 aliphatic rings. The van der Waals surface area contributed by atoms with E-state index in [4.69, 9.17) is 26.8 Å². The van der Waals surface area contributed by atoms with Gasteiger partial charge >= 0.3 is 0 Å². The molecule has 0 aromatic heterocycles. The third-order valence-electron chi connectivity index (χ3n) is 2.48. The summed E-state index contributed by atoms with van der Waals surface area (Å²) >= 11 is 6.27. The smallest absolute Gasteiger partial charge is 0.141 e. The van der Waals surface area contributed by atoms with Crippen LogP contribution in [0.1, 0.15) is 31.4 Å². The summed E-state index contributed by atoms with van der Waals surface area (Å²) in [5, 5.41) is 0.633. The number of hydrogen-bond donors (Lipinski definition) is 1. The van der Waals surface area contributed by atoms with Gasteiger partial charge in [0.2, 0.25) is 0 Å². The number of rotatable bonds is 7. The highest BCUT2D eigenvalue weighted by molar-refractivity contribution is 6.32. The lowest BCUT2D eigenvalue weighted by molar-refractivity contribution is 0.184. The molecule has 0 saturated carbocycles. The molecule has 0 radical (unpaired) electrons. The highest BCUT2D eigenvalue weighted by Crippen LogP contribution is 2.31. The first-order valence-corrected chi connectivity index (χ1v) is 6.64. The van der Waals surface area contributed by atoms with Gasteiger partial charge in [-0.1, -0.05) is 18.5 Å². The lowest BCUT2D eigenvalue weighted by atomic mass is 10.0. The van der Waals surface area contributed by atoms with E-state index in [1.54, 1.807) is 7.11 Å².